The van der Waals surface area contributed by atoms with Crippen molar-refractivity contribution in [2.24, 2.45) is 13.0 Å². The number of carbonyl (C=O) groups excluding carboxylic acids is 1. The Kier molecular flexibility index (Phi) is 7.52. The molecule has 1 amide bonds. The van der Waals surface area contributed by atoms with Crippen molar-refractivity contribution in [1.82, 2.24) is 29.2 Å². The SMILES string of the molecule is CO[C@@H]1CN(C(=O)OC(C)(C)C)C[C@H]1Cn1c(=O)c(-c2ccccc2)cc2cnc(Nc3cn(C)nc3Cl)nc21. The molecule has 210 valence electrons. The Balaban J connectivity index is 1.56. The molecule has 0 spiro atoms. The molecule has 11 nitrogen and oxygen atoms in total. The summed E-state index contributed by atoms with van der Waals surface area (Å²) in [5, 5.41) is 8.19. The van der Waals surface area contributed by atoms with Crippen LogP contribution in [0.25, 0.3) is 22.2 Å². The van der Waals surface area contributed by atoms with Gasteiger partial charge in [-0.05, 0) is 32.4 Å². The summed E-state index contributed by atoms with van der Waals surface area (Å²) in [6, 6.07) is 11.3. The van der Waals surface area contributed by atoms with Crippen LogP contribution < -0.4 is 10.9 Å². The molecule has 4 heterocycles. The number of rotatable bonds is 6. The van der Waals surface area contributed by atoms with Gasteiger partial charge in [-0.15, -0.1) is 0 Å². The summed E-state index contributed by atoms with van der Waals surface area (Å²) < 4.78 is 14.6. The van der Waals surface area contributed by atoms with Crippen molar-refractivity contribution in [2.45, 2.75) is 39.0 Å². The monoisotopic (exact) mass is 565 g/mol. The molecular formula is C28H32ClN7O4. The molecule has 0 unspecified atom stereocenters. The second kappa shape index (κ2) is 10.9. The number of hydrogen-bond donors (Lipinski definition) is 1. The number of hydrogen-bond acceptors (Lipinski definition) is 8. The average Bonchev–Trinajstić information content (AvgIpc) is 3.46. The number of pyridine rings is 1. The van der Waals surface area contributed by atoms with Gasteiger partial charge in [0.2, 0.25) is 5.95 Å². The van der Waals surface area contributed by atoms with E-state index in [1.54, 1.807) is 46.8 Å². The van der Waals surface area contributed by atoms with Gasteiger partial charge in [-0.3, -0.25) is 14.0 Å². The first-order valence-corrected chi connectivity index (χ1v) is 13.3. The van der Waals surface area contributed by atoms with Crippen LogP contribution in [0, 0.1) is 5.92 Å². The Morgan fingerprint density at radius 2 is 1.95 bits per heavy atom. The zero-order chi connectivity index (χ0) is 28.6. The van der Waals surface area contributed by atoms with E-state index in [-0.39, 0.29) is 35.2 Å². The Labute approximate surface area is 236 Å². The molecule has 4 aromatic rings. The lowest BCUT2D eigenvalue weighted by atomic mass is 10.0. The molecule has 3 aromatic heterocycles. The molecule has 0 aliphatic carbocycles. The largest absolute Gasteiger partial charge is 0.444 e. The third-order valence-corrected chi connectivity index (χ3v) is 6.97. The molecule has 0 radical (unpaired) electrons. The van der Waals surface area contributed by atoms with Crippen LogP contribution in [0.1, 0.15) is 20.8 Å². The highest BCUT2D eigenvalue weighted by Gasteiger charge is 2.38. The van der Waals surface area contributed by atoms with Crippen molar-refractivity contribution in [1.29, 1.82) is 0 Å². The number of nitrogens with zero attached hydrogens (tertiary/aromatic N) is 6. The molecule has 1 N–H and O–H groups in total. The number of likely N-dealkylation sites (tertiary alicyclic amines) is 1. The molecule has 1 aromatic carbocycles. The van der Waals surface area contributed by atoms with Gasteiger partial charge in [0.15, 0.2) is 5.15 Å². The van der Waals surface area contributed by atoms with Crippen molar-refractivity contribution < 1.29 is 14.3 Å². The highest BCUT2D eigenvalue weighted by Crippen LogP contribution is 2.27. The normalized spacial score (nSPS) is 17.4. The molecule has 1 fully saturated rings. The smallest absolute Gasteiger partial charge is 0.410 e. The minimum atomic E-state index is -0.619. The molecule has 2 atom stereocenters. The van der Waals surface area contributed by atoms with E-state index in [9.17, 15) is 9.59 Å². The van der Waals surface area contributed by atoms with E-state index in [2.05, 4.69) is 15.4 Å². The van der Waals surface area contributed by atoms with Gasteiger partial charge < -0.3 is 19.7 Å². The van der Waals surface area contributed by atoms with E-state index >= 15 is 0 Å². The van der Waals surface area contributed by atoms with Crippen LogP contribution in [0.15, 0.2) is 53.6 Å². The van der Waals surface area contributed by atoms with Crippen LogP contribution in [-0.4, -0.2) is 67.2 Å². The third kappa shape index (κ3) is 5.80. The highest BCUT2D eigenvalue weighted by atomic mass is 35.5. The Morgan fingerprint density at radius 1 is 1.20 bits per heavy atom. The summed E-state index contributed by atoms with van der Waals surface area (Å²) in [5.74, 6) is 0.0942. The topological polar surface area (TPSA) is 116 Å². The number of ether oxygens (including phenoxy) is 2. The van der Waals surface area contributed by atoms with Crippen LogP contribution in [-0.2, 0) is 23.1 Å². The molecule has 1 aliphatic heterocycles. The summed E-state index contributed by atoms with van der Waals surface area (Å²) in [6.07, 6.45) is 2.69. The highest BCUT2D eigenvalue weighted by molar-refractivity contribution is 6.32. The number of fused-ring (bicyclic) bond motifs is 1. The van der Waals surface area contributed by atoms with Crippen LogP contribution >= 0.6 is 11.6 Å². The van der Waals surface area contributed by atoms with Gasteiger partial charge in [-0.1, -0.05) is 41.9 Å². The molecule has 1 aliphatic rings. The predicted molar refractivity (Wildman–Crippen MR) is 153 cm³/mol. The van der Waals surface area contributed by atoms with Crippen LogP contribution in [0.5, 0.6) is 0 Å². The zero-order valence-electron chi connectivity index (χ0n) is 23.1. The fourth-order valence-corrected chi connectivity index (χ4v) is 5.09. The fourth-order valence-electron chi connectivity index (χ4n) is 4.87. The quantitative estimate of drug-likeness (QED) is 0.364. The molecule has 1 saturated heterocycles. The number of carbonyl (C=O) groups is 1. The Bertz CT molecular complexity index is 1600. The van der Waals surface area contributed by atoms with Gasteiger partial charge in [0, 0.05) is 56.5 Å². The van der Waals surface area contributed by atoms with E-state index in [0.717, 1.165) is 5.56 Å². The number of methoxy groups -OCH3 is 1. The van der Waals surface area contributed by atoms with Crippen molar-refractivity contribution in [3.05, 3.63) is 64.3 Å². The number of amides is 1. The van der Waals surface area contributed by atoms with Crippen molar-refractivity contribution in [2.75, 3.05) is 25.5 Å². The van der Waals surface area contributed by atoms with E-state index < -0.39 is 11.7 Å². The standard InChI is InChI=1S/C28H32ClN7O4/c1-28(2,3)40-27(38)35-13-19(22(16-35)39-5)14-36-24-18(11-20(25(36)37)17-9-7-6-8-10-17)12-30-26(32-24)31-21-15-34(4)33-23(21)29/h6-12,15,19,22H,13-14,16H2,1-5H3,(H,30,31,32)/t19-,22+/m0/s1. The summed E-state index contributed by atoms with van der Waals surface area (Å²) in [4.78, 5) is 37.6. The van der Waals surface area contributed by atoms with Gasteiger partial charge in [-0.25, -0.2) is 9.78 Å². The molecule has 0 bridgehead atoms. The lowest BCUT2D eigenvalue weighted by Crippen LogP contribution is -2.36. The number of benzene rings is 1. The number of aryl methyl sites for hydroxylation is 1. The minimum Gasteiger partial charge on any atom is -0.444 e. The molecular weight excluding hydrogens is 534 g/mol. The van der Waals surface area contributed by atoms with Crippen LogP contribution in [0.4, 0.5) is 16.4 Å². The van der Waals surface area contributed by atoms with Gasteiger partial charge >= 0.3 is 6.09 Å². The van der Waals surface area contributed by atoms with Gasteiger partial charge in [0.25, 0.3) is 5.56 Å². The zero-order valence-corrected chi connectivity index (χ0v) is 23.8. The van der Waals surface area contributed by atoms with Crippen molar-refractivity contribution >= 4 is 40.4 Å². The summed E-state index contributed by atoms with van der Waals surface area (Å²) in [6.45, 7) is 6.50. The number of anilines is 2. The van der Waals surface area contributed by atoms with E-state index in [0.29, 0.717) is 35.4 Å². The van der Waals surface area contributed by atoms with Crippen molar-refractivity contribution in [3.63, 3.8) is 0 Å². The van der Waals surface area contributed by atoms with Crippen LogP contribution in [0.3, 0.4) is 0 Å². The van der Waals surface area contributed by atoms with Gasteiger partial charge in [0.05, 0.1) is 18.3 Å². The molecule has 12 heteroatoms. The predicted octanol–water partition coefficient (Wildman–Crippen LogP) is 4.47. The third-order valence-electron chi connectivity index (χ3n) is 6.69. The maximum Gasteiger partial charge on any atom is 0.410 e. The van der Waals surface area contributed by atoms with E-state index in [4.69, 9.17) is 26.1 Å². The Hall–Kier alpha value is -3.96. The first kappa shape index (κ1) is 27.6. The van der Waals surface area contributed by atoms with E-state index in [1.807, 2.05) is 51.1 Å². The number of aromatic nitrogens is 5. The first-order valence-electron chi connectivity index (χ1n) is 13.0. The second-order valence-corrected chi connectivity index (χ2v) is 11.2. The molecule has 0 saturated carbocycles. The Morgan fingerprint density at radius 3 is 2.60 bits per heavy atom. The lowest BCUT2D eigenvalue weighted by molar-refractivity contribution is 0.0251. The number of halogens is 1. The first-order chi connectivity index (χ1) is 19.0. The van der Waals surface area contributed by atoms with E-state index in [1.165, 1.54) is 0 Å². The second-order valence-electron chi connectivity index (χ2n) is 10.9. The van der Waals surface area contributed by atoms with Crippen molar-refractivity contribution in [3.8, 4) is 11.1 Å². The van der Waals surface area contributed by atoms with Gasteiger partial charge in [-0.2, -0.15) is 10.1 Å². The summed E-state index contributed by atoms with van der Waals surface area (Å²) >= 11 is 6.22. The van der Waals surface area contributed by atoms with Crippen LogP contribution in [0.2, 0.25) is 5.15 Å². The fraction of sp³-hybridized carbons (Fsp3) is 0.393. The van der Waals surface area contributed by atoms with Gasteiger partial charge in [0.1, 0.15) is 11.2 Å². The average molecular weight is 566 g/mol. The molecule has 40 heavy (non-hydrogen) atoms. The lowest BCUT2D eigenvalue weighted by Gasteiger charge is -2.24. The maximum absolute atomic E-state index is 14.0. The minimum absolute atomic E-state index is 0.177. The maximum atomic E-state index is 14.0. The number of nitrogens with one attached hydrogen (secondary N) is 1. The summed E-state index contributed by atoms with van der Waals surface area (Å²) in [7, 11) is 3.37. The summed E-state index contributed by atoms with van der Waals surface area (Å²) in [5.41, 5.74) is 1.50. The molecule has 5 rings (SSSR count).